The molecule has 0 rings (SSSR count). The SMILES string of the molecule is CCCCCCCCOP(O)O.O=P(O)(O)O. The summed E-state index contributed by atoms with van der Waals surface area (Å²) in [6.45, 7) is 2.67. The lowest BCUT2D eigenvalue weighted by Crippen LogP contribution is -1.89. The Hall–Kier alpha value is 0.420. The third kappa shape index (κ3) is 38.5. The van der Waals surface area contributed by atoms with Gasteiger partial charge in [-0.25, -0.2) is 4.57 Å². The molecule has 0 aliphatic carbocycles. The van der Waals surface area contributed by atoms with Gasteiger partial charge in [-0.3, -0.25) is 0 Å². The zero-order valence-electron chi connectivity index (χ0n) is 9.90. The van der Waals surface area contributed by atoms with E-state index in [2.05, 4.69) is 11.4 Å². The second-order valence-electron chi connectivity index (χ2n) is 3.37. The number of hydrogen-bond donors (Lipinski definition) is 5. The first-order chi connectivity index (χ1) is 7.77. The standard InChI is InChI=1S/C8H19O3P.H3O4P/c1-2-3-4-5-6-7-8-11-12(9)10;1-5(2,3)4/h9-10H,2-8H2,1H3;(H3,1,2,3,4). The maximum absolute atomic E-state index is 8.88. The predicted molar refractivity (Wildman–Crippen MR) is 64.9 cm³/mol. The van der Waals surface area contributed by atoms with Crippen LogP contribution in [0.2, 0.25) is 0 Å². The summed E-state index contributed by atoms with van der Waals surface area (Å²) in [6, 6.07) is 0. The monoisotopic (exact) mass is 292 g/mol. The van der Waals surface area contributed by atoms with E-state index >= 15 is 0 Å². The number of hydrogen-bond acceptors (Lipinski definition) is 4. The van der Waals surface area contributed by atoms with Gasteiger partial charge in [-0.05, 0) is 6.42 Å². The van der Waals surface area contributed by atoms with Crippen LogP contribution in [0.15, 0.2) is 0 Å². The maximum Gasteiger partial charge on any atom is 0.466 e. The minimum Gasteiger partial charge on any atom is -0.328 e. The summed E-state index contributed by atoms with van der Waals surface area (Å²) in [5, 5.41) is 0. The first-order valence-electron chi connectivity index (χ1n) is 5.36. The molecule has 0 unspecified atom stereocenters. The second kappa shape index (κ2) is 12.9. The predicted octanol–water partition coefficient (Wildman–Crippen LogP) is 1.65. The minimum absolute atomic E-state index is 0.477. The van der Waals surface area contributed by atoms with Crippen LogP contribution in [-0.2, 0) is 9.09 Å². The summed E-state index contributed by atoms with van der Waals surface area (Å²) in [6.07, 6.45) is 7.13. The van der Waals surface area contributed by atoms with Crippen LogP contribution in [0.4, 0.5) is 0 Å². The molecule has 5 N–H and O–H groups in total. The molecule has 0 radical (unpaired) electrons. The molecule has 0 spiro atoms. The summed E-state index contributed by atoms with van der Waals surface area (Å²) in [5.74, 6) is 0. The third-order valence-electron chi connectivity index (χ3n) is 1.70. The molecule has 9 heteroatoms. The maximum atomic E-state index is 8.88. The zero-order valence-corrected chi connectivity index (χ0v) is 11.7. The van der Waals surface area contributed by atoms with E-state index in [9.17, 15) is 0 Å². The fourth-order valence-corrected chi connectivity index (χ4v) is 1.32. The van der Waals surface area contributed by atoms with E-state index in [1.165, 1.54) is 25.7 Å². The highest BCUT2D eigenvalue weighted by Gasteiger charge is 2.00. The fraction of sp³-hybridized carbons (Fsp3) is 1.00. The van der Waals surface area contributed by atoms with Crippen molar-refractivity contribution in [3.8, 4) is 0 Å². The van der Waals surface area contributed by atoms with Gasteiger partial charge in [-0.15, -0.1) is 0 Å². The molecule has 0 bridgehead atoms. The lowest BCUT2D eigenvalue weighted by Gasteiger charge is -2.03. The van der Waals surface area contributed by atoms with E-state index in [1.807, 2.05) is 0 Å². The first-order valence-corrected chi connectivity index (χ1v) is 8.09. The Morgan fingerprint density at radius 3 is 1.82 bits per heavy atom. The lowest BCUT2D eigenvalue weighted by molar-refractivity contribution is 0.248. The topological polar surface area (TPSA) is 127 Å². The Morgan fingerprint density at radius 2 is 1.41 bits per heavy atom. The van der Waals surface area contributed by atoms with Gasteiger partial charge in [0.2, 0.25) is 0 Å². The molecule has 7 nitrogen and oxygen atoms in total. The Bertz CT molecular complexity index is 186. The number of rotatable bonds is 8. The molecule has 0 amide bonds. The zero-order chi connectivity index (χ0) is 13.7. The highest BCUT2D eigenvalue weighted by molar-refractivity contribution is 7.45. The second-order valence-corrected chi connectivity index (χ2v) is 5.16. The Kier molecular flexibility index (Phi) is 14.9. The summed E-state index contributed by atoms with van der Waals surface area (Å²) in [5.41, 5.74) is 0. The van der Waals surface area contributed by atoms with Gasteiger partial charge in [-0.1, -0.05) is 39.0 Å². The van der Waals surface area contributed by atoms with Crippen molar-refractivity contribution in [1.82, 2.24) is 0 Å². The quantitative estimate of drug-likeness (QED) is 0.340. The molecule has 0 fully saturated rings. The van der Waals surface area contributed by atoms with Crippen molar-refractivity contribution in [1.29, 1.82) is 0 Å². The van der Waals surface area contributed by atoms with Crippen LogP contribution in [0.25, 0.3) is 0 Å². The molecule has 0 aliphatic rings. The summed E-state index contributed by atoms with van der Waals surface area (Å²) >= 11 is 0. The summed E-state index contributed by atoms with van der Waals surface area (Å²) in [7, 11) is -6.77. The van der Waals surface area contributed by atoms with Gasteiger partial charge in [0.25, 0.3) is 0 Å². The Labute approximate surface area is 103 Å². The van der Waals surface area contributed by atoms with Crippen LogP contribution in [0.1, 0.15) is 45.4 Å². The van der Waals surface area contributed by atoms with E-state index in [0.717, 1.165) is 12.8 Å². The molecule has 0 saturated heterocycles. The molecular formula is C8H22O7P2. The molecule has 0 aromatic rings. The summed E-state index contributed by atoms with van der Waals surface area (Å²) < 4.78 is 13.5. The Morgan fingerprint density at radius 1 is 1.00 bits per heavy atom. The van der Waals surface area contributed by atoms with Gasteiger partial charge in [-0.2, -0.15) is 0 Å². The molecule has 17 heavy (non-hydrogen) atoms. The van der Waals surface area contributed by atoms with E-state index < -0.39 is 16.4 Å². The third-order valence-corrected chi connectivity index (χ3v) is 2.12. The average molecular weight is 292 g/mol. The normalized spacial score (nSPS) is 11.2. The van der Waals surface area contributed by atoms with E-state index in [-0.39, 0.29) is 0 Å². The molecular weight excluding hydrogens is 270 g/mol. The van der Waals surface area contributed by atoms with E-state index in [4.69, 9.17) is 29.0 Å². The smallest absolute Gasteiger partial charge is 0.328 e. The van der Waals surface area contributed by atoms with Crippen LogP contribution in [-0.4, -0.2) is 31.1 Å². The van der Waals surface area contributed by atoms with Crippen molar-refractivity contribution < 1.29 is 33.6 Å². The molecule has 106 valence electrons. The molecule has 0 aromatic carbocycles. The van der Waals surface area contributed by atoms with Gasteiger partial charge in [0.15, 0.2) is 0 Å². The van der Waals surface area contributed by atoms with Gasteiger partial charge in [0.1, 0.15) is 0 Å². The molecule has 0 atom stereocenters. The van der Waals surface area contributed by atoms with Crippen molar-refractivity contribution in [2.24, 2.45) is 0 Å². The van der Waals surface area contributed by atoms with Gasteiger partial charge < -0.3 is 29.0 Å². The van der Waals surface area contributed by atoms with Crippen molar-refractivity contribution in [2.75, 3.05) is 6.61 Å². The van der Waals surface area contributed by atoms with Gasteiger partial charge in [0.05, 0.1) is 6.61 Å². The molecule has 0 saturated carbocycles. The van der Waals surface area contributed by atoms with Crippen molar-refractivity contribution >= 4 is 16.4 Å². The highest BCUT2D eigenvalue weighted by Crippen LogP contribution is 2.26. The average Bonchev–Trinajstić information content (AvgIpc) is 2.13. The molecule has 0 aromatic heterocycles. The van der Waals surface area contributed by atoms with Crippen LogP contribution < -0.4 is 0 Å². The van der Waals surface area contributed by atoms with Gasteiger partial charge in [0, 0.05) is 0 Å². The fourth-order valence-electron chi connectivity index (χ4n) is 1.03. The van der Waals surface area contributed by atoms with Crippen LogP contribution in [0, 0.1) is 0 Å². The Balaban J connectivity index is 0. The molecule has 0 aliphatic heterocycles. The van der Waals surface area contributed by atoms with Crippen molar-refractivity contribution in [3.05, 3.63) is 0 Å². The minimum atomic E-state index is -4.64. The van der Waals surface area contributed by atoms with Crippen LogP contribution >= 0.6 is 16.4 Å². The van der Waals surface area contributed by atoms with E-state index in [0.29, 0.717) is 6.61 Å². The first kappa shape index (κ1) is 19.8. The highest BCUT2D eigenvalue weighted by atomic mass is 31.2. The largest absolute Gasteiger partial charge is 0.466 e. The lowest BCUT2D eigenvalue weighted by atomic mass is 10.1. The number of unbranched alkanes of at least 4 members (excludes halogenated alkanes) is 5. The molecule has 0 heterocycles. The van der Waals surface area contributed by atoms with Gasteiger partial charge >= 0.3 is 16.4 Å². The van der Waals surface area contributed by atoms with Crippen molar-refractivity contribution in [2.45, 2.75) is 45.4 Å². The summed E-state index contributed by atoms with van der Waals surface area (Å²) in [4.78, 5) is 38.3. The number of phosphoric acid groups is 1. The van der Waals surface area contributed by atoms with Crippen LogP contribution in [0.5, 0.6) is 0 Å². The van der Waals surface area contributed by atoms with E-state index in [1.54, 1.807) is 0 Å². The van der Waals surface area contributed by atoms with Crippen molar-refractivity contribution in [3.63, 3.8) is 0 Å². The van der Waals surface area contributed by atoms with Crippen LogP contribution in [0.3, 0.4) is 0 Å².